The highest BCUT2D eigenvalue weighted by Gasteiger charge is 2.28. The Labute approximate surface area is 184 Å². The van der Waals surface area contributed by atoms with Crippen molar-refractivity contribution in [2.75, 3.05) is 9.35 Å². The highest BCUT2D eigenvalue weighted by Crippen LogP contribution is 2.26. The van der Waals surface area contributed by atoms with Gasteiger partial charge in [-0.3, -0.25) is 9.35 Å². The summed E-state index contributed by atoms with van der Waals surface area (Å²) in [6.45, 7) is 14.1. The van der Waals surface area contributed by atoms with E-state index in [0.717, 1.165) is 25.7 Å². The zero-order chi connectivity index (χ0) is 21.8. The molecule has 3 rings (SSSR count). The minimum Gasteiger partial charge on any atom is -0.295 e. The molecule has 1 aliphatic rings. The van der Waals surface area contributed by atoms with Crippen molar-refractivity contribution < 1.29 is 0 Å². The first-order chi connectivity index (χ1) is 14.1. The van der Waals surface area contributed by atoms with Gasteiger partial charge in [-0.1, -0.05) is 36.4 Å². The largest absolute Gasteiger partial charge is 0.295 e. The highest BCUT2D eigenvalue weighted by atomic mass is 28.3. The molecule has 0 heterocycles. The maximum atomic E-state index is 5.19. The normalized spacial score (nSPS) is 17.9. The molecule has 160 valence electrons. The van der Waals surface area contributed by atoms with Crippen LogP contribution in [0.3, 0.4) is 0 Å². The quantitative estimate of drug-likeness (QED) is 0.362. The van der Waals surface area contributed by atoms with Crippen LogP contribution in [-0.4, -0.2) is 27.9 Å². The third kappa shape index (κ3) is 5.92. The van der Waals surface area contributed by atoms with Crippen molar-refractivity contribution in [3.63, 3.8) is 0 Å². The second-order valence-electron chi connectivity index (χ2n) is 10.00. The Morgan fingerprint density at radius 1 is 0.600 bits per heavy atom. The van der Waals surface area contributed by atoms with Crippen molar-refractivity contribution in [1.82, 2.24) is 0 Å². The van der Waals surface area contributed by atoms with Crippen LogP contribution in [0.2, 0.25) is 39.3 Å². The predicted molar refractivity (Wildman–Crippen MR) is 138 cm³/mol. The molecule has 0 unspecified atom stereocenters. The molecule has 0 saturated heterocycles. The number of hydrogen-bond donors (Lipinski definition) is 0. The standard InChI is InChI=1S/C24H36N4Si2/c1-29(2,3)27(23-16-9-7-10-17-23)25-21-14-13-15-22(20-21)26-28(30(4,5)6)24-18-11-8-12-19-24/h7-12,16-19H,13-15,20H2,1-6H3. The van der Waals surface area contributed by atoms with Gasteiger partial charge in [-0.05, 0) is 82.8 Å². The van der Waals surface area contributed by atoms with E-state index in [1.54, 1.807) is 0 Å². The van der Waals surface area contributed by atoms with Gasteiger partial charge in [0, 0.05) is 29.2 Å². The highest BCUT2D eigenvalue weighted by molar-refractivity contribution is 6.80. The molecule has 30 heavy (non-hydrogen) atoms. The van der Waals surface area contributed by atoms with Gasteiger partial charge < -0.3 is 0 Å². The second-order valence-corrected chi connectivity index (χ2v) is 19.5. The van der Waals surface area contributed by atoms with Crippen molar-refractivity contribution in [3.8, 4) is 0 Å². The first kappa shape index (κ1) is 22.5. The lowest BCUT2D eigenvalue weighted by Gasteiger charge is -2.34. The molecule has 0 spiro atoms. The third-order valence-electron chi connectivity index (χ3n) is 5.09. The van der Waals surface area contributed by atoms with Crippen molar-refractivity contribution in [1.29, 1.82) is 0 Å². The van der Waals surface area contributed by atoms with E-state index in [4.69, 9.17) is 10.2 Å². The summed E-state index contributed by atoms with van der Waals surface area (Å²) in [5.74, 6) is 0. The van der Waals surface area contributed by atoms with Crippen LogP contribution in [0, 0.1) is 0 Å². The molecule has 0 bridgehead atoms. The van der Waals surface area contributed by atoms with Gasteiger partial charge >= 0.3 is 0 Å². The van der Waals surface area contributed by atoms with E-state index in [0.29, 0.717) is 0 Å². The fourth-order valence-electron chi connectivity index (χ4n) is 3.69. The lowest BCUT2D eigenvalue weighted by atomic mass is 9.97. The molecule has 2 aromatic rings. The van der Waals surface area contributed by atoms with E-state index in [1.165, 1.54) is 22.8 Å². The average Bonchev–Trinajstić information content (AvgIpc) is 2.70. The maximum absolute atomic E-state index is 5.19. The molecule has 1 aliphatic carbocycles. The summed E-state index contributed by atoms with van der Waals surface area (Å²) < 4.78 is 4.61. The van der Waals surface area contributed by atoms with Crippen LogP contribution in [0.25, 0.3) is 0 Å². The van der Waals surface area contributed by atoms with Gasteiger partial charge in [0.1, 0.15) is 0 Å². The zero-order valence-corrected chi connectivity index (χ0v) is 21.4. The van der Waals surface area contributed by atoms with E-state index in [9.17, 15) is 0 Å². The number of hydrogen-bond acceptors (Lipinski definition) is 4. The third-order valence-corrected chi connectivity index (χ3v) is 8.35. The van der Waals surface area contributed by atoms with Gasteiger partial charge in [-0.2, -0.15) is 10.2 Å². The number of anilines is 2. The lowest BCUT2D eigenvalue weighted by molar-refractivity contribution is 0.856. The lowest BCUT2D eigenvalue weighted by Crippen LogP contribution is -2.44. The van der Waals surface area contributed by atoms with Crippen molar-refractivity contribution in [2.24, 2.45) is 10.2 Å². The number of rotatable bonds is 6. The number of benzene rings is 2. The molecule has 1 saturated carbocycles. The van der Waals surface area contributed by atoms with Gasteiger partial charge in [0.2, 0.25) is 0 Å². The van der Waals surface area contributed by atoms with Crippen molar-refractivity contribution in [3.05, 3.63) is 60.7 Å². The Kier molecular flexibility index (Phi) is 6.98. The Hall–Kier alpha value is -2.19. The molecule has 0 N–H and O–H groups in total. The van der Waals surface area contributed by atoms with E-state index in [-0.39, 0.29) is 0 Å². The summed E-state index contributed by atoms with van der Waals surface area (Å²) in [5, 5.41) is 10.4. The Bertz CT molecular complexity index is 807. The summed E-state index contributed by atoms with van der Waals surface area (Å²) in [4.78, 5) is 0. The van der Waals surface area contributed by atoms with Crippen molar-refractivity contribution >= 4 is 39.3 Å². The van der Waals surface area contributed by atoms with E-state index >= 15 is 0 Å². The van der Waals surface area contributed by atoms with Crippen LogP contribution in [-0.2, 0) is 0 Å². The minimum absolute atomic E-state index is 0.877. The van der Waals surface area contributed by atoms with Crippen LogP contribution >= 0.6 is 0 Å². The summed E-state index contributed by atoms with van der Waals surface area (Å²) in [7, 11) is -3.29. The van der Waals surface area contributed by atoms with Gasteiger partial charge in [0.05, 0.1) is 0 Å². The summed E-state index contributed by atoms with van der Waals surface area (Å²) in [5.41, 5.74) is 4.91. The Morgan fingerprint density at radius 3 is 1.30 bits per heavy atom. The molecule has 0 aliphatic heterocycles. The van der Waals surface area contributed by atoms with Gasteiger partial charge in [0.15, 0.2) is 16.5 Å². The fourth-order valence-corrected chi connectivity index (χ4v) is 6.42. The summed E-state index contributed by atoms with van der Waals surface area (Å²) in [6, 6.07) is 21.2. The fraction of sp³-hybridized carbons (Fsp3) is 0.417. The maximum Gasteiger partial charge on any atom is 0.176 e. The number of hydrazone groups is 2. The monoisotopic (exact) mass is 436 g/mol. The van der Waals surface area contributed by atoms with E-state index < -0.39 is 16.5 Å². The molecule has 2 aromatic carbocycles. The Morgan fingerprint density at radius 2 is 0.967 bits per heavy atom. The summed E-state index contributed by atoms with van der Waals surface area (Å²) in [6.07, 6.45) is 4.12. The van der Waals surface area contributed by atoms with Gasteiger partial charge in [-0.15, -0.1) is 0 Å². The van der Waals surface area contributed by atoms with Crippen LogP contribution in [0.5, 0.6) is 0 Å². The second kappa shape index (κ2) is 9.31. The SMILES string of the molecule is C[Si](C)(C)N(N=C1CCCC(=NN(c2ccccc2)[Si](C)(C)C)C1)c1ccccc1. The zero-order valence-electron chi connectivity index (χ0n) is 19.4. The van der Waals surface area contributed by atoms with Gasteiger partial charge in [-0.25, -0.2) is 0 Å². The van der Waals surface area contributed by atoms with Crippen LogP contribution in [0.15, 0.2) is 70.9 Å². The topological polar surface area (TPSA) is 31.2 Å². The molecule has 0 atom stereocenters. The molecule has 1 fully saturated rings. The molecule has 6 heteroatoms. The first-order valence-corrected chi connectivity index (χ1v) is 17.9. The Balaban J connectivity index is 1.89. The molecular formula is C24H36N4Si2. The van der Waals surface area contributed by atoms with Crippen LogP contribution < -0.4 is 9.35 Å². The minimum atomic E-state index is -1.65. The van der Waals surface area contributed by atoms with Crippen molar-refractivity contribution in [2.45, 2.75) is 65.0 Å². The van der Waals surface area contributed by atoms with E-state index in [2.05, 4.69) is 109 Å². The number of para-hydroxylation sites is 2. The first-order valence-electron chi connectivity index (χ1n) is 11.0. The number of nitrogens with zero attached hydrogens (tertiary/aromatic N) is 4. The molecular weight excluding hydrogens is 400 g/mol. The molecule has 0 radical (unpaired) electrons. The van der Waals surface area contributed by atoms with Crippen LogP contribution in [0.1, 0.15) is 25.7 Å². The van der Waals surface area contributed by atoms with Gasteiger partial charge in [0.25, 0.3) is 0 Å². The molecule has 4 nitrogen and oxygen atoms in total. The summed E-state index contributed by atoms with van der Waals surface area (Å²) >= 11 is 0. The molecule has 0 aromatic heterocycles. The molecule has 0 amide bonds. The predicted octanol–water partition coefficient (Wildman–Crippen LogP) is 6.96. The average molecular weight is 437 g/mol. The van der Waals surface area contributed by atoms with Crippen LogP contribution in [0.4, 0.5) is 11.4 Å². The smallest absolute Gasteiger partial charge is 0.176 e. The van der Waals surface area contributed by atoms with E-state index in [1.807, 2.05) is 0 Å².